The second-order valence-corrected chi connectivity index (χ2v) is 7.50. The number of nitrogens with zero attached hydrogens (tertiary/aromatic N) is 1. The Hall–Kier alpha value is -2.87. The van der Waals surface area contributed by atoms with Gasteiger partial charge in [-0.1, -0.05) is 24.3 Å². The number of para-hydroxylation sites is 3. The molecular formula is C17H18N4O3S. The predicted octanol–water partition coefficient (Wildman–Crippen LogP) is 2.43. The number of nitrogens with one attached hydrogen (secondary N) is 3. The molecule has 1 amide bonds. The smallest absolute Gasteiger partial charge is 0.253 e. The van der Waals surface area contributed by atoms with Gasteiger partial charge in [0.15, 0.2) is 0 Å². The Morgan fingerprint density at radius 3 is 2.52 bits per heavy atom. The van der Waals surface area contributed by atoms with Crippen molar-refractivity contribution < 1.29 is 13.2 Å². The molecule has 25 heavy (non-hydrogen) atoms. The van der Waals surface area contributed by atoms with Crippen LogP contribution in [0, 0.1) is 0 Å². The monoisotopic (exact) mass is 358 g/mol. The molecule has 0 aliphatic carbocycles. The maximum absolute atomic E-state index is 12.6. The number of benzene rings is 2. The Morgan fingerprint density at radius 1 is 1.12 bits per heavy atom. The topological polar surface area (TPSA) is 104 Å². The molecule has 1 aromatic heterocycles. The summed E-state index contributed by atoms with van der Waals surface area (Å²) >= 11 is 0. The highest BCUT2D eigenvalue weighted by molar-refractivity contribution is 7.92. The molecule has 3 N–H and O–H groups in total. The molecular weight excluding hydrogens is 340 g/mol. The maximum Gasteiger partial charge on any atom is 0.253 e. The van der Waals surface area contributed by atoms with E-state index in [2.05, 4.69) is 20.0 Å². The molecule has 0 radical (unpaired) electrons. The van der Waals surface area contributed by atoms with Crippen molar-refractivity contribution in [1.82, 2.24) is 15.3 Å². The van der Waals surface area contributed by atoms with Gasteiger partial charge in [-0.3, -0.25) is 9.52 Å². The van der Waals surface area contributed by atoms with Crippen molar-refractivity contribution in [1.29, 1.82) is 0 Å². The molecule has 0 spiro atoms. The number of amides is 1. The Bertz CT molecular complexity index is 994. The average Bonchev–Trinajstić information content (AvgIpc) is 2.98. The van der Waals surface area contributed by atoms with Crippen LogP contribution in [0.5, 0.6) is 0 Å². The standard InChI is InChI=1S/C17H18N4O3S/c1-11(16-19-14-9-5-6-10-15(14)20-16)18-17(22)12-7-3-4-8-13(12)21-25(2,23)24/h3-11,21H,1-2H3,(H,18,22)(H,19,20). The highest BCUT2D eigenvalue weighted by Crippen LogP contribution is 2.19. The number of hydrogen-bond acceptors (Lipinski definition) is 4. The molecule has 1 heterocycles. The summed E-state index contributed by atoms with van der Waals surface area (Å²) < 4.78 is 25.3. The Morgan fingerprint density at radius 2 is 1.80 bits per heavy atom. The fourth-order valence-corrected chi connectivity index (χ4v) is 3.07. The third kappa shape index (κ3) is 3.97. The zero-order valence-electron chi connectivity index (χ0n) is 13.8. The first-order chi connectivity index (χ1) is 11.8. The number of aromatic nitrogens is 2. The number of carbonyl (C=O) groups excluding carboxylic acids is 1. The van der Waals surface area contributed by atoms with Gasteiger partial charge in [0.1, 0.15) is 5.82 Å². The van der Waals surface area contributed by atoms with Crippen LogP contribution in [0.15, 0.2) is 48.5 Å². The second-order valence-electron chi connectivity index (χ2n) is 5.75. The summed E-state index contributed by atoms with van der Waals surface area (Å²) in [6, 6.07) is 13.7. The van der Waals surface area contributed by atoms with E-state index in [9.17, 15) is 13.2 Å². The lowest BCUT2D eigenvalue weighted by Gasteiger charge is -2.14. The van der Waals surface area contributed by atoms with Gasteiger partial charge in [0.2, 0.25) is 10.0 Å². The molecule has 2 aromatic carbocycles. The van der Waals surface area contributed by atoms with E-state index in [-0.39, 0.29) is 23.2 Å². The number of sulfonamides is 1. The van der Waals surface area contributed by atoms with Gasteiger partial charge in [-0.05, 0) is 31.2 Å². The van der Waals surface area contributed by atoms with Crippen LogP contribution in [0.3, 0.4) is 0 Å². The molecule has 1 unspecified atom stereocenters. The van der Waals surface area contributed by atoms with Crippen LogP contribution in [0.25, 0.3) is 11.0 Å². The van der Waals surface area contributed by atoms with Crippen LogP contribution >= 0.6 is 0 Å². The number of anilines is 1. The van der Waals surface area contributed by atoms with Gasteiger partial charge in [0, 0.05) is 0 Å². The second kappa shape index (κ2) is 6.56. The molecule has 0 saturated carbocycles. The molecule has 0 bridgehead atoms. The molecule has 3 rings (SSSR count). The number of imidazole rings is 1. The lowest BCUT2D eigenvalue weighted by atomic mass is 10.1. The van der Waals surface area contributed by atoms with Crippen molar-refractivity contribution in [2.45, 2.75) is 13.0 Å². The minimum Gasteiger partial charge on any atom is -0.342 e. The van der Waals surface area contributed by atoms with Gasteiger partial charge < -0.3 is 10.3 Å². The summed E-state index contributed by atoms with van der Waals surface area (Å²) in [6.07, 6.45) is 1.04. The van der Waals surface area contributed by atoms with Crippen LogP contribution in [0.2, 0.25) is 0 Å². The van der Waals surface area contributed by atoms with E-state index >= 15 is 0 Å². The first-order valence-corrected chi connectivity index (χ1v) is 9.55. The summed E-state index contributed by atoms with van der Waals surface area (Å²) in [5, 5.41) is 2.83. The fraction of sp³-hybridized carbons (Fsp3) is 0.176. The summed E-state index contributed by atoms with van der Waals surface area (Å²) in [7, 11) is -3.48. The average molecular weight is 358 g/mol. The highest BCUT2D eigenvalue weighted by atomic mass is 32.2. The molecule has 7 nitrogen and oxygen atoms in total. The van der Waals surface area contributed by atoms with Gasteiger partial charge in [-0.25, -0.2) is 13.4 Å². The van der Waals surface area contributed by atoms with Crippen molar-refractivity contribution in [3.8, 4) is 0 Å². The molecule has 0 aliphatic heterocycles. The van der Waals surface area contributed by atoms with Crippen LogP contribution in [-0.2, 0) is 10.0 Å². The van der Waals surface area contributed by atoms with Crippen LogP contribution in [0.1, 0.15) is 29.1 Å². The number of fused-ring (bicyclic) bond motifs is 1. The third-order valence-corrected chi connectivity index (χ3v) is 4.22. The number of aromatic amines is 1. The summed E-state index contributed by atoms with van der Waals surface area (Å²) in [6.45, 7) is 1.81. The van der Waals surface area contributed by atoms with Gasteiger partial charge in [-0.15, -0.1) is 0 Å². The van der Waals surface area contributed by atoms with E-state index in [0.717, 1.165) is 17.3 Å². The van der Waals surface area contributed by atoms with Gasteiger partial charge in [0.05, 0.1) is 34.6 Å². The zero-order chi connectivity index (χ0) is 18.0. The van der Waals surface area contributed by atoms with Crippen molar-refractivity contribution in [3.05, 3.63) is 59.9 Å². The predicted molar refractivity (Wildman–Crippen MR) is 96.9 cm³/mol. The largest absolute Gasteiger partial charge is 0.342 e. The van der Waals surface area contributed by atoms with Crippen molar-refractivity contribution >= 4 is 32.7 Å². The van der Waals surface area contributed by atoms with Crippen molar-refractivity contribution in [3.63, 3.8) is 0 Å². The first-order valence-electron chi connectivity index (χ1n) is 7.66. The number of rotatable bonds is 5. The lowest BCUT2D eigenvalue weighted by Crippen LogP contribution is -2.28. The quantitative estimate of drug-likeness (QED) is 0.651. The van der Waals surface area contributed by atoms with Crippen LogP contribution in [0.4, 0.5) is 5.69 Å². The minimum atomic E-state index is -3.48. The molecule has 8 heteroatoms. The number of H-pyrrole nitrogens is 1. The van der Waals surface area contributed by atoms with E-state index in [4.69, 9.17) is 0 Å². The highest BCUT2D eigenvalue weighted by Gasteiger charge is 2.18. The third-order valence-electron chi connectivity index (χ3n) is 3.63. The van der Waals surface area contributed by atoms with E-state index in [0.29, 0.717) is 5.82 Å². The Balaban J connectivity index is 1.82. The van der Waals surface area contributed by atoms with E-state index in [1.165, 1.54) is 0 Å². The Kier molecular flexibility index (Phi) is 4.45. The summed E-state index contributed by atoms with van der Waals surface area (Å²) in [5.41, 5.74) is 2.19. The molecule has 0 saturated heterocycles. The van der Waals surface area contributed by atoms with Gasteiger partial charge in [-0.2, -0.15) is 0 Å². The van der Waals surface area contributed by atoms with Crippen LogP contribution in [-0.4, -0.2) is 30.5 Å². The normalized spacial score (nSPS) is 12.7. The van der Waals surface area contributed by atoms with E-state index in [1.54, 1.807) is 24.3 Å². The number of carbonyl (C=O) groups is 1. The molecule has 1 atom stereocenters. The van der Waals surface area contributed by atoms with E-state index < -0.39 is 10.0 Å². The van der Waals surface area contributed by atoms with Crippen LogP contribution < -0.4 is 10.0 Å². The summed E-state index contributed by atoms with van der Waals surface area (Å²) in [5.74, 6) is 0.239. The molecule has 130 valence electrons. The van der Waals surface area contributed by atoms with Crippen molar-refractivity contribution in [2.75, 3.05) is 11.0 Å². The number of hydrogen-bond donors (Lipinski definition) is 3. The summed E-state index contributed by atoms with van der Waals surface area (Å²) in [4.78, 5) is 20.2. The Labute approximate surface area is 145 Å². The van der Waals surface area contributed by atoms with E-state index in [1.807, 2.05) is 31.2 Å². The van der Waals surface area contributed by atoms with Crippen molar-refractivity contribution in [2.24, 2.45) is 0 Å². The SMILES string of the molecule is CC(NC(=O)c1ccccc1NS(C)(=O)=O)c1nc2ccccc2[nH]1. The molecule has 0 fully saturated rings. The molecule has 0 aliphatic rings. The van der Waals surface area contributed by atoms with Gasteiger partial charge >= 0.3 is 0 Å². The zero-order valence-corrected chi connectivity index (χ0v) is 14.6. The molecule has 3 aromatic rings. The lowest BCUT2D eigenvalue weighted by molar-refractivity contribution is 0.0939. The first kappa shape index (κ1) is 17.0. The fourth-order valence-electron chi connectivity index (χ4n) is 2.49. The maximum atomic E-state index is 12.6. The minimum absolute atomic E-state index is 0.235. The van der Waals surface area contributed by atoms with Gasteiger partial charge in [0.25, 0.3) is 5.91 Å².